The van der Waals surface area contributed by atoms with Crippen LogP contribution in [0.1, 0.15) is 23.0 Å². The number of aryl methyl sites for hydroxylation is 1. The van der Waals surface area contributed by atoms with E-state index in [1.807, 2.05) is 36.7 Å². The van der Waals surface area contributed by atoms with Crippen LogP contribution in [0.4, 0.5) is 0 Å². The summed E-state index contributed by atoms with van der Waals surface area (Å²) in [5, 5.41) is 3.39. The SMILES string of the molecule is Cc1cnc(Cl)cc1-c1cc2n(c1)C[C@H](C)NC2=O. The van der Waals surface area contributed by atoms with E-state index in [4.69, 9.17) is 11.6 Å². The minimum Gasteiger partial charge on any atom is -0.347 e. The van der Waals surface area contributed by atoms with Gasteiger partial charge in [-0.1, -0.05) is 11.6 Å². The van der Waals surface area contributed by atoms with Crippen LogP contribution in [-0.4, -0.2) is 21.5 Å². The number of nitrogens with zero attached hydrogens (tertiary/aromatic N) is 2. The van der Waals surface area contributed by atoms with Crippen LogP contribution in [-0.2, 0) is 6.54 Å². The maximum atomic E-state index is 11.9. The molecule has 98 valence electrons. The number of amides is 1. The molecule has 0 aliphatic carbocycles. The lowest BCUT2D eigenvalue weighted by molar-refractivity contribution is 0.0906. The third-order valence-electron chi connectivity index (χ3n) is 3.36. The molecular weight excluding hydrogens is 262 g/mol. The molecule has 0 spiro atoms. The Labute approximate surface area is 116 Å². The van der Waals surface area contributed by atoms with E-state index in [9.17, 15) is 4.79 Å². The van der Waals surface area contributed by atoms with Gasteiger partial charge in [0.25, 0.3) is 5.91 Å². The Morgan fingerprint density at radius 2 is 2.26 bits per heavy atom. The molecule has 1 amide bonds. The van der Waals surface area contributed by atoms with Crippen molar-refractivity contribution in [2.24, 2.45) is 0 Å². The largest absolute Gasteiger partial charge is 0.347 e. The van der Waals surface area contributed by atoms with E-state index < -0.39 is 0 Å². The molecule has 1 atom stereocenters. The second-order valence-electron chi connectivity index (χ2n) is 4.96. The number of hydrogen-bond acceptors (Lipinski definition) is 2. The van der Waals surface area contributed by atoms with Crippen LogP contribution in [0.5, 0.6) is 0 Å². The maximum Gasteiger partial charge on any atom is 0.268 e. The van der Waals surface area contributed by atoms with Crippen molar-refractivity contribution in [3.8, 4) is 11.1 Å². The van der Waals surface area contributed by atoms with Gasteiger partial charge < -0.3 is 9.88 Å². The molecule has 1 N–H and O–H groups in total. The topological polar surface area (TPSA) is 46.9 Å². The van der Waals surface area contributed by atoms with Crippen molar-refractivity contribution < 1.29 is 4.79 Å². The molecule has 0 aromatic carbocycles. The first-order valence-corrected chi connectivity index (χ1v) is 6.56. The van der Waals surface area contributed by atoms with Gasteiger partial charge in [-0.2, -0.15) is 0 Å². The lowest BCUT2D eigenvalue weighted by Gasteiger charge is -2.22. The predicted octanol–water partition coefficient (Wildman–Crippen LogP) is 2.64. The minimum atomic E-state index is -0.0252. The molecule has 19 heavy (non-hydrogen) atoms. The van der Waals surface area contributed by atoms with E-state index in [0.29, 0.717) is 10.8 Å². The fourth-order valence-electron chi connectivity index (χ4n) is 2.45. The molecule has 0 unspecified atom stereocenters. The van der Waals surface area contributed by atoms with Crippen molar-refractivity contribution in [2.45, 2.75) is 26.4 Å². The van der Waals surface area contributed by atoms with Crippen LogP contribution in [0.2, 0.25) is 5.15 Å². The second kappa shape index (κ2) is 4.38. The maximum absolute atomic E-state index is 11.9. The molecule has 3 rings (SSSR count). The number of rotatable bonds is 1. The zero-order valence-corrected chi connectivity index (χ0v) is 11.5. The van der Waals surface area contributed by atoms with Crippen molar-refractivity contribution in [2.75, 3.05) is 0 Å². The molecule has 5 heteroatoms. The average molecular weight is 276 g/mol. The smallest absolute Gasteiger partial charge is 0.268 e. The van der Waals surface area contributed by atoms with Gasteiger partial charge in [0.15, 0.2) is 0 Å². The molecule has 4 nitrogen and oxygen atoms in total. The summed E-state index contributed by atoms with van der Waals surface area (Å²) in [6.45, 7) is 4.77. The highest BCUT2D eigenvalue weighted by Gasteiger charge is 2.22. The average Bonchev–Trinajstić information content (AvgIpc) is 2.76. The first-order valence-electron chi connectivity index (χ1n) is 6.18. The van der Waals surface area contributed by atoms with Gasteiger partial charge >= 0.3 is 0 Å². The molecule has 0 saturated heterocycles. The quantitative estimate of drug-likeness (QED) is 0.814. The summed E-state index contributed by atoms with van der Waals surface area (Å²) >= 11 is 5.95. The van der Waals surface area contributed by atoms with Gasteiger partial charge in [-0.25, -0.2) is 4.98 Å². The van der Waals surface area contributed by atoms with E-state index in [-0.39, 0.29) is 11.9 Å². The third-order valence-corrected chi connectivity index (χ3v) is 3.56. The van der Waals surface area contributed by atoms with Crippen LogP contribution in [0.3, 0.4) is 0 Å². The van der Waals surface area contributed by atoms with E-state index in [1.165, 1.54) is 0 Å². The summed E-state index contributed by atoms with van der Waals surface area (Å²) in [5.74, 6) is -0.0252. The summed E-state index contributed by atoms with van der Waals surface area (Å²) < 4.78 is 1.99. The van der Waals surface area contributed by atoms with E-state index in [1.54, 1.807) is 6.20 Å². The van der Waals surface area contributed by atoms with Gasteiger partial charge in [0.05, 0.1) is 0 Å². The van der Waals surface area contributed by atoms with Crippen molar-refractivity contribution in [1.82, 2.24) is 14.9 Å². The second-order valence-corrected chi connectivity index (χ2v) is 5.35. The van der Waals surface area contributed by atoms with Crippen molar-refractivity contribution in [3.05, 3.63) is 40.9 Å². The number of aromatic nitrogens is 2. The van der Waals surface area contributed by atoms with Crippen LogP contribution in [0.15, 0.2) is 24.5 Å². The molecular formula is C14H14ClN3O. The number of fused-ring (bicyclic) bond motifs is 1. The van der Waals surface area contributed by atoms with Crippen molar-refractivity contribution >= 4 is 17.5 Å². The van der Waals surface area contributed by atoms with Gasteiger partial charge in [-0.3, -0.25) is 4.79 Å². The number of carbonyl (C=O) groups is 1. The van der Waals surface area contributed by atoms with Gasteiger partial charge in [0.1, 0.15) is 10.8 Å². The predicted molar refractivity (Wildman–Crippen MR) is 74.3 cm³/mol. The molecule has 0 fully saturated rings. The first-order chi connectivity index (χ1) is 9.04. The van der Waals surface area contributed by atoms with Gasteiger partial charge in [-0.05, 0) is 37.1 Å². The Morgan fingerprint density at radius 3 is 3.05 bits per heavy atom. The zero-order valence-electron chi connectivity index (χ0n) is 10.8. The van der Waals surface area contributed by atoms with E-state index in [2.05, 4.69) is 10.3 Å². The Morgan fingerprint density at radius 1 is 1.47 bits per heavy atom. The van der Waals surface area contributed by atoms with Crippen LogP contribution in [0.25, 0.3) is 11.1 Å². The molecule has 0 saturated carbocycles. The summed E-state index contributed by atoms with van der Waals surface area (Å²) in [4.78, 5) is 16.0. The van der Waals surface area contributed by atoms with E-state index in [0.717, 1.165) is 23.2 Å². The fraction of sp³-hybridized carbons (Fsp3) is 0.286. The highest BCUT2D eigenvalue weighted by molar-refractivity contribution is 6.29. The van der Waals surface area contributed by atoms with Crippen LogP contribution < -0.4 is 5.32 Å². The highest BCUT2D eigenvalue weighted by Crippen LogP contribution is 2.28. The summed E-state index contributed by atoms with van der Waals surface area (Å²) in [6.07, 6.45) is 3.75. The number of carbonyl (C=O) groups excluding carboxylic acids is 1. The van der Waals surface area contributed by atoms with Gasteiger partial charge in [0, 0.05) is 30.5 Å². The molecule has 1 aliphatic heterocycles. The van der Waals surface area contributed by atoms with Crippen molar-refractivity contribution in [1.29, 1.82) is 0 Å². The zero-order chi connectivity index (χ0) is 13.6. The molecule has 3 heterocycles. The van der Waals surface area contributed by atoms with Gasteiger partial charge in [-0.15, -0.1) is 0 Å². The summed E-state index contributed by atoms with van der Waals surface area (Å²) in [5.41, 5.74) is 3.75. The number of halogens is 1. The van der Waals surface area contributed by atoms with Crippen LogP contribution in [0, 0.1) is 6.92 Å². The number of hydrogen-bond donors (Lipinski definition) is 1. The van der Waals surface area contributed by atoms with Gasteiger partial charge in [0.2, 0.25) is 0 Å². The molecule has 1 aliphatic rings. The Kier molecular flexibility index (Phi) is 2.82. The van der Waals surface area contributed by atoms with Crippen molar-refractivity contribution in [3.63, 3.8) is 0 Å². The lowest BCUT2D eigenvalue weighted by atomic mass is 10.1. The molecule has 0 bridgehead atoms. The number of nitrogens with one attached hydrogen (secondary N) is 1. The minimum absolute atomic E-state index is 0.0252. The van der Waals surface area contributed by atoms with E-state index >= 15 is 0 Å². The highest BCUT2D eigenvalue weighted by atomic mass is 35.5. The summed E-state index contributed by atoms with van der Waals surface area (Å²) in [7, 11) is 0. The normalized spacial score (nSPS) is 18.1. The molecule has 0 radical (unpaired) electrons. The monoisotopic (exact) mass is 275 g/mol. The standard InChI is InChI=1S/C14H14ClN3O/c1-8-5-16-13(15)4-11(8)10-3-12-14(19)17-9(2)6-18(12)7-10/h3-5,7,9H,6H2,1-2H3,(H,17,19)/t9-/m0/s1. The molecule has 2 aromatic heterocycles. The lowest BCUT2D eigenvalue weighted by Crippen LogP contribution is -2.41. The number of pyridine rings is 1. The summed E-state index contributed by atoms with van der Waals surface area (Å²) in [6, 6.07) is 3.89. The molecule has 2 aromatic rings. The third kappa shape index (κ3) is 2.12. The van der Waals surface area contributed by atoms with Crippen LogP contribution >= 0.6 is 11.6 Å². The Bertz CT molecular complexity index is 663. The Hall–Kier alpha value is -1.81. The fourth-order valence-corrected chi connectivity index (χ4v) is 2.60. The Balaban J connectivity index is 2.10. The first kappa shape index (κ1) is 12.2.